The zero-order chi connectivity index (χ0) is 31.2. The third-order valence-corrected chi connectivity index (χ3v) is 9.80. The van der Waals surface area contributed by atoms with Gasteiger partial charge in [-0.2, -0.15) is 16.8 Å². The van der Waals surface area contributed by atoms with Crippen LogP contribution in [-0.2, 0) is 25.7 Å². The Labute approximate surface area is 247 Å². The van der Waals surface area contributed by atoms with Crippen LogP contribution in [0, 0.1) is 23.3 Å². The van der Waals surface area contributed by atoms with Crippen LogP contribution in [-0.4, -0.2) is 28.3 Å². The summed E-state index contributed by atoms with van der Waals surface area (Å²) in [5.74, 6) is -8.59. The molecule has 0 aromatic heterocycles. The summed E-state index contributed by atoms with van der Waals surface area (Å²) < 4.78 is 121. The lowest BCUT2D eigenvalue weighted by Crippen LogP contribution is -2.30. The zero-order valence-electron chi connectivity index (χ0n) is 23.0. The lowest BCUT2D eigenvalue weighted by atomic mass is 9.67. The highest BCUT2D eigenvalue weighted by molar-refractivity contribution is 7.87. The number of fused-ring (bicyclic) bond motifs is 3. The summed E-state index contributed by atoms with van der Waals surface area (Å²) in [7, 11) is -8.61. The molecule has 0 fully saturated rings. The van der Waals surface area contributed by atoms with Gasteiger partial charge in [0.1, 0.15) is 0 Å². The number of rotatable bonds is 10. The highest BCUT2D eigenvalue weighted by Crippen LogP contribution is 2.57. The third kappa shape index (κ3) is 5.38. The molecule has 0 saturated heterocycles. The molecule has 5 rings (SSSR count). The molecular weight excluding hydrogens is 608 g/mol. The molecule has 1 aliphatic carbocycles. The van der Waals surface area contributed by atoms with Crippen molar-refractivity contribution in [3.05, 3.63) is 118 Å². The molecule has 0 atom stereocenters. The Bertz CT molecular complexity index is 1750. The van der Waals surface area contributed by atoms with Crippen molar-refractivity contribution in [3.8, 4) is 22.6 Å². The molecule has 4 aromatic carbocycles. The van der Waals surface area contributed by atoms with Gasteiger partial charge in [-0.25, -0.2) is 17.6 Å². The average molecular weight is 635 g/mol. The Balaban J connectivity index is 1.81. The van der Waals surface area contributed by atoms with Crippen molar-refractivity contribution in [2.24, 2.45) is 0 Å². The molecule has 0 unspecified atom stereocenters. The van der Waals surface area contributed by atoms with Crippen molar-refractivity contribution in [1.29, 1.82) is 0 Å². The van der Waals surface area contributed by atoms with E-state index in [1.165, 1.54) is 0 Å². The van der Waals surface area contributed by atoms with Gasteiger partial charge < -0.3 is 8.37 Å². The predicted molar refractivity (Wildman–Crippen MR) is 153 cm³/mol. The van der Waals surface area contributed by atoms with Gasteiger partial charge in [0.2, 0.25) is 11.5 Å². The van der Waals surface area contributed by atoms with Crippen LogP contribution in [0.25, 0.3) is 11.1 Å². The molecule has 0 heterocycles. The molecular formula is C31H26F4O6S2. The van der Waals surface area contributed by atoms with Crippen LogP contribution in [0.4, 0.5) is 17.6 Å². The lowest BCUT2D eigenvalue weighted by molar-refractivity contribution is 0.429. The fraction of sp³-hybridized carbons (Fsp3) is 0.226. The van der Waals surface area contributed by atoms with Gasteiger partial charge in [-0.15, -0.1) is 0 Å². The van der Waals surface area contributed by atoms with Crippen molar-refractivity contribution in [3.63, 3.8) is 0 Å². The normalized spacial score (nSPS) is 13.8. The van der Waals surface area contributed by atoms with E-state index in [0.717, 1.165) is 24.3 Å². The lowest BCUT2D eigenvalue weighted by Gasteiger charge is -2.34. The Hall–Kier alpha value is -3.90. The Morgan fingerprint density at radius 2 is 0.907 bits per heavy atom. The summed E-state index contributed by atoms with van der Waals surface area (Å²) in [6, 6.07) is 17.0. The molecule has 0 N–H and O–H groups in total. The minimum absolute atomic E-state index is 0.119. The van der Waals surface area contributed by atoms with E-state index in [9.17, 15) is 16.8 Å². The van der Waals surface area contributed by atoms with Crippen molar-refractivity contribution in [1.82, 2.24) is 0 Å². The van der Waals surface area contributed by atoms with Crippen LogP contribution < -0.4 is 8.37 Å². The minimum Gasteiger partial charge on any atom is -0.376 e. The maximum atomic E-state index is 15.6. The maximum Gasteiger partial charge on any atom is 0.309 e. The smallest absolute Gasteiger partial charge is 0.309 e. The monoisotopic (exact) mass is 634 g/mol. The fourth-order valence-corrected chi connectivity index (χ4v) is 7.57. The fourth-order valence-electron chi connectivity index (χ4n) is 5.57. The molecule has 12 heteroatoms. The number of halogens is 4. The molecule has 4 aromatic rings. The van der Waals surface area contributed by atoms with Gasteiger partial charge >= 0.3 is 20.2 Å². The first kappa shape index (κ1) is 30.6. The second-order valence-corrected chi connectivity index (χ2v) is 13.5. The van der Waals surface area contributed by atoms with Crippen LogP contribution >= 0.6 is 0 Å². The quantitative estimate of drug-likeness (QED) is 0.124. The molecule has 1 aliphatic rings. The number of hydrogen-bond donors (Lipinski definition) is 0. The summed E-state index contributed by atoms with van der Waals surface area (Å²) in [4.78, 5) is 0. The summed E-state index contributed by atoms with van der Waals surface area (Å²) in [6.07, 6.45) is 0.299. The SMILES string of the molecule is CCCS(=O)(=O)Oc1c(F)cc(C2(c3cc(F)c(OS(=O)(=O)CCC)c(F)c3)c3ccccc3-c3ccccc32)cc1F. The first-order valence-electron chi connectivity index (χ1n) is 13.4. The molecule has 0 radical (unpaired) electrons. The standard InChI is InChI=1S/C31H26F4O6S2/c1-3-13-42(36,37)40-29-25(32)15-19(16-26(29)33)31(23-11-7-5-9-21(23)22-10-6-8-12-24(22)31)20-17-27(34)30(28(35)18-20)41-43(38,39)14-4-2/h5-12,15-18H,3-4,13-14H2,1-2H3. The number of hydrogen-bond acceptors (Lipinski definition) is 6. The second-order valence-electron chi connectivity index (χ2n) is 10.1. The summed E-state index contributed by atoms with van der Waals surface area (Å²) in [5.41, 5.74) is 0.130. The van der Waals surface area contributed by atoms with Gasteiger partial charge in [0.15, 0.2) is 23.3 Å². The highest BCUT2D eigenvalue weighted by Gasteiger charge is 2.47. The predicted octanol–water partition coefficient (Wildman–Crippen LogP) is 6.84. The maximum absolute atomic E-state index is 15.6. The highest BCUT2D eigenvalue weighted by atomic mass is 32.2. The second kappa shape index (κ2) is 11.3. The average Bonchev–Trinajstić information content (AvgIpc) is 3.24. The zero-order valence-corrected chi connectivity index (χ0v) is 24.7. The van der Waals surface area contributed by atoms with E-state index in [1.54, 1.807) is 62.4 Å². The molecule has 0 amide bonds. The van der Waals surface area contributed by atoms with Crippen molar-refractivity contribution < 1.29 is 42.8 Å². The minimum atomic E-state index is -4.30. The van der Waals surface area contributed by atoms with Gasteiger partial charge in [-0.3, -0.25) is 0 Å². The van der Waals surface area contributed by atoms with Crippen LogP contribution in [0.1, 0.15) is 48.9 Å². The molecule has 6 nitrogen and oxygen atoms in total. The topological polar surface area (TPSA) is 86.7 Å². The molecule has 0 bridgehead atoms. The van der Waals surface area contributed by atoms with Crippen LogP contribution in [0.5, 0.6) is 11.5 Å². The Kier molecular flexibility index (Phi) is 8.03. The van der Waals surface area contributed by atoms with E-state index in [1.807, 2.05) is 0 Å². The Morgan fingerprint density at radius 1 is 0.581 bits per heavy atom. The van der Waals surface area contributed by atoms with Crippen LogP contribution in [0.15, 0.2) is 72.8 Å². The van der Waals surface area contributed by atoms with E-state index >= 15 is 17.6 Å². The van der Waals surface area contributed by atoms with Crippen molar-refractivity contribution in [2.75, 3.05) is 11.5 Å². The van der Waals surface area contributed by atoms with E-state index in [-0.39, 0.29) is 24.0 Å². The van der Waals surface area contributed by atoms with Gasteiger partial charge in [0.05, 0.1) is 16.9 Å². The summed E-state index contributed by atoms with van der Waals surface area (Å²) in [5, 5.41) is 0. The van der Waals surface area contributed by atoms with E-state index in [2.05, 4.69) is 0 Å². The van der Waals surface area contributed by atoms with Gasteiger partial charge in [0.25, 0.3) is 0 Å². The summed E-state index contributed by atoms with van der Waals surface area (Å²) >= 11 is 0. The van der Waals surface area contributed by atoms with Crippen LogP contribution in [0.2, 0.25) is 0 Å². The first-order valence-corrected chi connectivity index (χ1v) is 16.5. The molecule has 0 spiro atoms. The van der Waals surface area contributed by atoms with Gasteiger partial charge in [-0.1, -0.05) is 62.4 Å². The molecule has 0 saturated carbocycles. The summed E-state index contributed by atoms with van der Waals surface area (Å²) in [6.45, 7) is 3.12. The van der Waals surface area contributed by atoms with Crippen molar-refractivity contribution in [2.45, 2.75) is 32.1 Å². The molecule has 226 valence electrons. The van der Waals surface area contributed by atoms with E-state index < -0.39 is 71.9 Å². The Morgan fingerprint density at radius 3 is 1.23 bits per heavy atom. The van der Waals surface area contributed by atoms with Crippen LogP contribution in [0.3, 0.4) is 0 Å². The third-order valence-electron chi connectivity index (χ3n) is 7.14. The first-order chi connectivity index (χ1) is 20.3. The van der Waals surface area contributed by atoms with E-state index in [0.29, 0.717) is 22.3 Å². The van der Waals surface area contributed by atoms with Gasteiger partial charge in [0, 0.05) is 0 Å². The van der Waals surface area contributed by atoms with Crippen molar-refractivity contribution >= 4 is 20.2 Å². The molecule has 43 heavy (non-hydrogen) atoms. The van der Waals surface area contributed by atoms with E-state index in [4.69, 9.17) is 8.37 Å². The van der Waals surface area contributed by atoms with Gasteiger partial charge in [-0.05, 0) is 70.5 Å². The number of benzene rings is 4. The molecule has 0 aliphatic heterocycles. The largest absolute Gasteiger partial charge is 0.376 e.